The van der Waals surface area contributed by atoms with Gasteiger partial charge in [-0.15, -0.1) is 0 Å². The van der Waals surface area contributed by atoms with Crippen molar-refractivity contribution in [1.82, 2.24) is 59.5 Å². The molecule has 0 bridgehead atoms. The lowest BCUT2D eigenvalue weighted by Gasteiger charge is -2.31. The Morgan fingerprint density at radius 1 is 0.319 bits per heavy atom. The van der Waals surface area contributed by atoms with Gasteiger partial charge in [0.25, 0.3) is 22.2 Å². The third-order valence-electron chi connectivity index (χ3n) is 24.2. The number of hydrogen-bond acceptors (Lipinski definition) is 23. The summed E-state index contributed by atoms with van der Waals surface area (Å²) in [5.74, 6) is -0.396. The summed E-state index contributed by atoms with van der Waals surface area (Å²) in [7, 11) is 0. The van der Waals surface area contributed by atoms with E-state index in [-0.39, 0.29) is 69.0 Å². The fourth-order valence-corrected chi connectivity index (χ4v) is 16.4. The number of carboxylic acid groups (broad SMARTS) is 3. The Balaban J connectivity index is 0.000000153. The van der Waals surface area contributed by atoms with Crippen LogP contribution in [-0.4, -0.2) is 171 Å². The van der Waals surface area contributed by atoms with Crippen LogP contribution in [0.25, 0.3) is 26.3 Å². The number of aromatic amines is 4. The first-order chi connectivity index (χ1) is 64.7. The molecule has 0 radical (unpaired) electrons. The van der Waals surface area contributed by atoms with Gasteiger partial charge < -0.3 is 59.8 Å². The van der Waals surface area contributed by atoms with E-state index in [1.165, 1.54) is 16.7 Å². The average molecular weight is 1820 g/mol. The summed E-state index contributed by atoms with van der Waals surface area (Å²) in [5.41, 5.74) is 21.2. The number of unbranched alkanes of at least 4 members (excludes halogenated alkanes) is 1. The number of hydrogen-bond donors (Lipinski definition) is 7. The molecule has 16 rings (SSSR count). The van der Waals surface area contributed by atoms with Crippen molar-refractivity contribution in [2.24, 2.45) is 20.0 Å². The molecule has 4 aliphatic rings. The first-order valence-electron chi connectivity index (χ1n) is 45.2. The lowest BCUT2D eigenvalue weighted by molar-refractivity contribution is -0.138. The largest absolute Gasteiger partial charge is 0.481 e. The summed E-state index contributed by atoms with van der Waals surface area (Å²) in [4.78, 5) is 160. The summed E-state index contributed by atoms with van der Waals surface area (Å²) in [6, 6.07) is 54.9. The number of nitrogens with zero attached hydrogens (tertiary/aromatic N) is 16. The lowest BCUT2D eigenvalue weighted by Crippen LogP contribution is -2.44. The molecular weight excluding hydrogens is 1710 g/mol. The summed E-state index contributed by atoms with van der Waals surface area (Å²) < 4.78 is 0. The van der Waals surface area contributed by atoms with Crippen molar-refractivity contribution in [2.75, 3.05) is 91.6 Å². The molecule has 8 aromatic carbocycles. The molecule has 12 aromatic rings. The average Bonchev–Trinajstić information content (AvgIpc) is 0.769. The van der Waals surface area contributed by atoms with Gasteiger partial charge in [-0.3, -0.25) is 53.1 Å². The maximum Gasteiger partial charge on any atom is 0.303 e. The Hall–Kier alpha value is -15.1. The molecule has 31 heteroatoms. The standard InChI is InChI=1S/2C27H31N5O3.C26H29N5O3.C24H25N5O2/c1-17-7-9-21(10-8-17)16-31(11-5-6-24(33)34)12-13-32-23-15-19(3)18(2)14-22(23)30-25-26(32)28-20(4)29-27(25)35;1-18-15-22-23(16-19(18)2)32(26-25(30-22)27(35)29-20(3)28-26)14-13-31(12-8-7-11-24(33)34)17-21-9-5-4-6-10-21;1-17-14-21-22(15-18(17)2)31(25-24(29-21)26(34)28-19(3)27-25)13-12-30(11-7-10-23(32)33)16-20-8-5-4-6-9-20;1-15-12-20-21(13-16(15)2)29(23-22(27-20)24(31)26-17(3)25-23)11-10-28(18(4)30)14-19-8-6-5-7-9-19/h7-10,14-15H,4-6,11-13,16H2,1-3H3,(H,29,35)(H,33,34);4-6,9-10,15-16H,3,7-8,11-14,17H2,1-2H3,(H,29,35)(H,33,34);4-6,8-9,14-15H,3,7,10-13,16H2,1-2H3,(H,28,34)(H,32,33);5-9,12-13H,3,10-11,14H2,1-2,4H3,(H,26,31). The second kappa shape index (κ2) is 44.4. The number of anilines is 8. The van der Waals surface area contributed by atoms with Gasteiger partial charge >= 0.3 is 17.9 Å². The highest BCUT2D eigenvalue weighted by Crippen LogP contribution is 2.41. The number of amides is 1. The number of fused-ring (bicyclic) bond motifs is 8. The molecule has 8 heterocycles. The highest BCUT2D eigenvalue weighted by atomic mass is 16.4. The fourth-order valence-electron chi connectivity index (χ4n) is 16.4. The summed E-state index contributed by atoms with van der Waals surface area (Å²) in [6.07, 6.45) is 2.97. The second-order valence-electron chi connectivity index (χ2n) is 34.6. The third kappa shape index (κ3) is 25.2. The van der Waals surface area contributed by atoms with E-state index in [0.717, 1.165) is 121 Å². The normalized spacial score (nSPS) is 12.2. The number of rotatable bonds is 33. The van der Waals surface area contributed by atoms with Gasteiger partial charge in [0.05, 0.1) is 45.5 Å². The van der Waals surface area contributed by atoms with Gasteiger partial charge in [0, 0.05) is 105 Å². The Morgan fingerprint density at radius 2 is 0.570 bits per heavy atom. The van der Waals surface area contributed by atoms with Crippen LogP contribution in [0.1, 0.15) is 124 Å². The number of benzene rings is 8. The van der Waals surface area contributed by atoms with Gasteiger partial charge in [-0.05, 0) is 223 Å². The zero-order valence-corrected chi connectivity index (χ0v) is 78.2. The minimum absolute atomic E-state index is 0.0113. The van der Waals surface area contributed by atoms with Crippen molar-refractivity contribution in [3.8, 4) is 0 Å². The second-order valence-corrected chi connectivity index (χ2v) is 34.6. The zero-order valence-electron chi connectivity index (χ0n) is 78.2. The number of aryl methyl sites for hydroxylation is 9. The van der Waals surface area contributed by atoms with Crippen LogP contribution in [0.2, 0.25) is 0 Å². The van der Waals surface area contributed by atoms with Gasteiger partial charge in [-0.25, -0.2) is 39.9 Å². The van der Waals surface area contributed by atoms with E-state index in [2.05, 4.69) is 206 Å². The smallest absolute Gasteiger partial charge is 0.303 e. The van der Waals surface area contributed by atoms with Crippen LogP contribution in [0.15, 0.2) is 203 Å². The van der Waals surface area contributed by atoms with Crippen LogP contribution in [0.5, 0.6) is 0 Å². The quantitative estimate of drug-likeness (QED) is 0.0188. The molecular formula is C104H116N20O11. The van der Waals surface area contributed by atoms with E-state index in [0.29, 0.717) is 149 Å². The van der Waals surface area contributed by atoms with Crippen LogP contribution >= 0.6 is 0 Å². The van der Waals surface area contributed by atoms with E-state index in [4.69, 9.17) is 15.3 Å². The first kappa shape index (κ1) is 97.4. The minimum atomic E-state index is -0.794. The van der Waals surface area contributed by atoms with E-state index < -0.39 is 17.9 Å². The summed E-state index contributed by atoms with van der Waals surface area (Å²) in [5, 5.41) is 28.3. The van der Waals surface area contributed by atoms with Gasteiger partial charge in [0.1, 0.15) is 21.9 Å². The third-order valence-corrected chi connectivity index (χ3v) is 24.2. The molecule has 4 aliphatic heterocycles. The van der Waals surface area contributed by atoms with Crippen LogP contribution in [-0.2, 0) is 45.4 Å². The van der Waals surface area contributed by atoms with Crippen LogP contribution in [0.4, 0.5) is 68.8 Å². The molecule has 0 saturated heterocycles. The number of aromatic nitrogens is 8. The molecule has 7 N–H and O–H groups in total. The van der Waals surface area contributed by atoms with Gasteiger partial charge in [-0.1, -0.05) is 147 Å². The van der Waals surface area contributed by atoms with Gasteiger partial charge in [0.2, 0.25) is 5.91 Å². The molecule has 698 valence electrons. The molecule has 0 spiro atoms. The molecule has 31 nitrogen and oxygen atoms in total. The predicted molar refractivity (Wildman–Crippen MR) is 528 cm³/mol. The SMILES string of the molecule is C=c1nc2c(c(=O)[nH]1)=Nc1cc(C)c(C)cc1N2CCN(CCCC(=O)O)Cc1ccc(C)cc1.C=c1nc2c(c(=O)[nH]1)=Nc1cc(C)c(C)cc1N2CCN(CCCC(=O)O)Cc1ccccc1.C=c1nc2c(c(=O)[nH]1)=Nc1cc(C)c(C)cc1N2CCN(CCCCC(=O)O)Cc1ccccc1.C=c1nc2c(c(=O)[nH]1)=Nc1cc(C)c(C)cc1N2CCN(Cc1ccccc1)C(C)=O. The number of aliphatic carboxylic acids is 3. The number of carboxylic acids is 3. The topological polar surface area (TPSA) is 387 Å². The zero-order chi connectivity index (χ0) is 96.4. The molecule has 0 unspecified atom stereocenters. The Labute approximate surface area is 781 Å². The molecule has 135 heavy (non-hydrogen) atoms. The van der Waals surface area contributed by atoms with E-state index in [1.54, 1.807) is 11.8 Å². The predicted octanol–water partition coefficient (Wildman–Crippen LogP) is 10.6. The Bertz CT molecular complexity index is 7180. The molecule has 4 aromatic heterocycles. The number of carbonyl (C=O) groups excluding carboxylic acids is 1. The van der Waals surface area contributed by atoms with Crippen LogP contribution < -0.4 is 85.2 Å². The summed E-state index contributed by atoms with van der Waals surface area (Å²) in [6.45, 7) is 44.6. The lowest BCUT2D eigenvalue weighted by atomic mass is 10.1. The van der Waals surface area contributed by atoms with Crippen molar-refractivity contribution in [2.45, 2.75) is 140 Å². The van der Waals surface area contributed by atoms with Crippen LogP contribution in [0.3, 0.4) is 0 Å². The monoisotopic (exact) mass is 1820 g/mol. The maximum absolute atomic E-state index is 12.7. The molecule has 0 aliphatic carbocycles. The van der Waals surface area contributed by atoms with Gasteiger partial charge in [0.15, 0.2) is 44.7 Å². The van der Waals surface area contributed by atoms with Crippen molar-refractivity contribution in [3.05, 3.63) is 321 Å². The maximum atomic E-state index is 12.7. The highest BCUT2D eigenvalue weighted by molar-refractivity contribution is 5.81. The molecule has 1 amide bonds. The van der Waals surface area contributed by atoms with E-state index in [1.807, 2.05) is 140 Å². The van der Waals surface area contributed by atoms with Crippen molar-refractivity contribution in [3.63, 3.8) is 0 Å². The highest BCUT2D eigenvalue weighted by Gasteiger charge is 2.31. The summed E-state index contributed by atoms with van der Waals surface area (Å²) >= 11 is 0. The van der Waals surface area contributed by atoms with Crippen molar-refractivity contribution >= 4 is 119 Å². The fraction of sp³-hybridized carbons (Fsp3) is 0.308. The number of carbonyl (C=O) groups is 4. The molecule has 0 saturated carbocycles. The van der Waals surface area contributed by atoms with Gasteiger partial charge in [-0.2, -0.15) is 0 Å². The van der Waals surface area contributed by atoms with E-state index in [9.17, 15) is 38.4 Å². The Morgan fingerprint density at radius 3 is 0.852 bits per heavy atom. The van der Waals surface area contributed by atoms with E-state index >= 15 is 0 Å². The minimum Gasteiger partial charge on any atom is -0.481 e. The van der Waals surface area contributed by atoms with Crippen LogP contribution in [0, 0.1) is 62.3 Å². The number of nitrogens with one attached hydrogen (secondary N) is 4. The Kier molecular flexibility index (Phi) is 32.1. The molecule has 0 fully saturated rings. The van der Waals surface area contributed by atoms with Crippen molar-refractivity contribution in [1.29, 1.82) is 0 Å². The number of H-pyrrole nitrogens is 4. The van der Waals surface area contributed by atoms with Crippen molar-refractivity contribution < 1.29 is 34.5 Å². The first-order valence-corrected chi connectivity index (χ1v) is 45.2. The molecule has 0 atom stereocenters.